The monoisotopic (exact) mass is 360 g/mol. The summed E-state index contributed by atoms with van der Waals surface area (Å²) >= 11 is 0. The number of ether oxygens (including phenoxy) is 2. The first-order valence-electron chi connectivity index (χ1n) is 9.08. The van der Waals surface area contributed by atoms with Crippen molar-refractivity contribution in [3.05, 3.63) is 29.8 Å². The zero-order valence-corrected chi connectivity index (χ0v) is 15.9. The molecule has 1 aliphatic rings. The van der Waals surface area contributed by atoms with E-state index in [4.69, 9.17) is 9.47 Å². The molecule has 6 nitrogen and oxygen atoms in total. The summed E-state index contributed by atoms with van der Waals surface area (Å²) in [5, 5.41) is 0. The molecule has 1 saturated heterocycles. The highest BCUT2D eigenvalue weighted by molar-refractivity contribution is 5.92. The van der Waals surface area contributed by atoms with E-state index in [-0.39, 0.29) is 11.8 Å². The first kappa shape index (κ1) is 19.8. The van der Waals surface area contributed by atoms with Crippen LogP contribution in [0.2, 0.25) is 0 Å². The van der Waals surface area contributed by atoms with Crippen molar-refractivity contribution in [2.45, 2.75) is 26.7 Å². The van der Waals surface area contributed by atoms with Crippen molar-refractivity contribution >= 4 is 17.9 Å². The van der Waals surface area contributed by atoms with Gasteiger partial charge in [0.15, 0.2) is 11.5 Å². The lowest BCUT2D eigenvalue weighted by Crippen LogP contribution is -2.49. The Kier molecular flexibility index (Phi) is 7.51. The highest BCUT2D eigenvalue weighted by Crippen LogP contribution is 2.28. The highest BCUT2D eigenvalue weighted by Gasteiger charge is 2.20. The van der Waals surface area contributed by atoms with Crippen LogP contribution in [0.5, 0.6) is 11.5 Å². The van der Waals surface area contributed by atoms with Gasteiger partial charge in [0.2, 0.25) is 11.8 Å². The average molecular weight is 360 g/mol. The van der Waals surface area contributed by atoms with Gasteiger partial charge in [-0.25, -0.2) is 0 Å². The summed E-state index contributed by atoms with van der Waals surface area (Å²) in [5.74, 6) is 1.38. The minimum atomic E-state index is -0.0459. The van der Waals surface area contributed by atoms with Crippen molar-refractivity contribution in [2.75, 3.05) is 39.9 Å². The van der Waals surface area contributed by atoms with E-state index in [9.17, 15) is 9.59 Å². The van der Waals surface area contributed by atoms with E-state index in [0.29, 0.717) is 44.3 Å². The lowest BCUT2D eigenvalue weighted by molar-refractivity contribution is -0.135. The SMILES string of the molecule is CCCCOc1ccc(/C=C/C(=O)N2CCN(C(C)=O)CC2)cc1OC. The molecule has 142 valence electrons. The molecular formula is C20H28N2O4. The summed E-state index contributed by atoms with van der Waals surface area (Å²) < 4.78 is 11.1. The van der Waals surface area contributed by atoms with E-state index in [1.807, 2.05) is 18.2 Å². The molecule has 1 fully saturated rings. The molecule has 1 aromatic carbocycles. The van der Waals surface area contributed by atoms with Crippen LogP contribution in [0.15, 0.2) is 24.3 Å². The van der Waals surface area contributed by atoms with Crippen LogP contribution in [0.3, 0.4) is 0 Å². The topological polar surface area (TPSA) is 59.1 Å². The van der Waals surface area contributed by atoms with Gasteiger partial charge in [-0.3, -0.25) is 9.59 Å². The Bertz CT molecular complexity index is 649. The molecule has 0 atom stereocenters. The average Bonchev–Trinajstić information content (AvgIpc) is 2.66. The van der Waals surface area contributed by atoms with E-state index >= 15 is 0 Å². The van der Waals surface area contributed by atoms with E-state index < -0.39 is 0 Å². The number of hydrogen-bond acceptors (Lipinski definition) is 4. The minimum Gasteiger partial charge on any atom is -0.493 e. The Morgan fingerprint density at radius 1 is 1.12 bits per heavy atom. The molecule has 1 aliphatic heterocycles. The second kappa shape index (κ2) is 9.85. The predicted octanol–water partition coefficient (Wildman–Crippen LogP) is 2.58. The molecule has 0 aliphatic carbocycles. The van der Waals surface area contributed by atoms with Gasteiger partial charge in [0.1, 0.15) is 0 Å². The minimum absolute atomic E-state index is 0.0459. The van der Waals surface area contributed by atoms with Gasteiger partial charge >= 0.3 is 0 Å². The lowest BCUT2D eigenvalue weighted by atomic mass is 10.1. The maximum Gasteiger partial charge on any atom is 0.246 e. The lowest BCUT2D eigenvalue weighted by Gasteiger charge is -2.33. The molecule has 0 radical (unpaired) electrons. The number of unbranched alkanes of at least 4 members (excludes halogenated alkanes) is 1. The Morgan fingerprint density at radius 3 is 2.42 bits per heavy atom. The fourth-order valence-electron chi connectivity index (χ4n) is 2.75. The normalized spacial score (nSPS) is 14.6. The molecule has 0 N–H and O–H groups in total. The van der Waals surface area contributed by atoms with E-state index in [2.05, 4.69) is 6.92 Å². The molecule has 6 heteroatoms. The summed E-state index contributed by atoms with van der Waals surface area (Å²) in [6.07, 6.45) is 5.41. The van der Waals surface area contributed by atoms with E-state index in [1.54, 1.807) is 36.0 Å². The van der Waals surface area contributed by atoms with Crippen LogP contribution in [0, 0.1) is 0 Å². The molecular weight excluding hydrogens is 332 g/mol. The molecule has 26 heavy (non-hydrogen) atoms. The molecule has 0 aromatic heterocycles. The highest BCUT2D eigenvalue weighted by atomic mass is 16.5. The summed E-state index contributed by atoms with van der Waals surface area (Å²) in [6, 6.07) is 5.63. The Morgan fingerprint density at radius 2 is 1.81 bits per heavy atom. The summed E-state index contributed by atoms with van der Waals surface area (Å²) in [6.45, 7) is 6.64. The first-order valence-corrected chi connectivity index (χ1v) is 9.08. The van der Waals surface area contributed by atoms with Crippen molar-refractivity contribution in [3.63, 3.8) is 0 Å². The largest absolute Gasteiger partial charge is 0.493 e. The number of methoxy groups -OCH3 is 1. The number of nitrogens with zero attached hydrogens (tertiary/aromatic N) is 2. The molecule has 2 rings (SSSR count). The van der Waals surface area contributed by atoms with Crippen molar-refractivity contribution in [2.24, 2.45) is 0 Å². The van der Waals surface area contributed by atoms with Gasteiger partial charge in [-0.15, -0.1) is 0 Å². The number of carbonyl (C=O) groups excluding carboxylic acids is 2. The van der Waals surface area contributed by atoms with Crippen LogP contribution in [-0.4, -0.2) is 61.5 Å². The van der Waals surface area contributed by atoms with Gasteiger partial charge in [-0.2, -0.15) is 0 Å². The molecule has 1 heterocycles. The van der Waals surface area contributed by atoms with Crippen LogP contribution >= 0.6 is 0 Å². The molecule has 0 saturated carbocycles. The van der Waals surface area contributed by atoms with Gasteiger partial charge < -0.3 is 19.3 Å². The predicted molar refractivity (Wildman–Crippen MR) is 101 cm³/mol. The van der Waals surface area contributed by atoms with Gasteiger partial charge in [0.05, 0.1) is 13.7 Å². The van der Waals surface area contributed by atoms with Crippen LogP contribution in [0.4, 0.5) is 0 Å². The number of benzene rings is 1. The molecule has 2 amide bonds. The van der Waals surface area contributed by atoms with Crippen molar-refractivity contribution in [1.29, 1.82) is 0 Å². The zero-order valence-electron chi connectivity index (χ0n) is 15.9. The number of amides is 2. The fourth-order valence-corrected chi connectivity index (χ4v) is 2.75. The third-order valence-corrected chi connectivity index (χ3v) is 4.40. The maximum atomic E-state index is 12.3. The number of rotatable bonds is 7. The quantitative estimate of drug-likeness (QED) is 0.554. The molecule has 0 bridgehead atoms. The van der Waals surface area contributed by atoms with Crippen LogP contribution in [0.25, 0.3) is 6.08 Å². The third kappa shape index (κ3) is 5.51. The van der Waals surface area contributed by atoms with Gasteiger partial charge in [0.25, 0.3) is 0 Å². The standard InChI is InChI=1S/C20H28N2O4/c1-4-5-14-26-18-8-6-17(15-19(18)25-3)7-9-20(24)22-12-10-21(11-13-22)16(2)23/h6-9,15H,4-5,10-14H2,1-3H3/b9-7+. The number of piperazine rings is 1. The van der Waals surface area contributed by atoms with Crippen LogP contribution < -0.4 is 9.47 Å². The Hall–Kier alpha value is -2.50. The second-order valence-electron chi connectivity index (χ2n) is 6.28. The van der Waals surface area contributed by atoms with E-state index in [1.165, 1.54) is 0 Å². The molecule has 1 aromatic rings. The second-order valence-corrected chi connectivity index (χ2v) is 6.28. The van der Waals surface area contributed by atoms with Gasteiger partial charge in [-0.05, 0) is 30.2 Å². The van der Waals surface area contributed by atoms with Crippen LogP contribution in [0.1, 0.15) is 32.3 Å². The first-order chi connectivity index (χ1) is 12.5. The van der Waals surface area contributed by atoms with Crippen molar-refractivity contribution < 1.29 is 19.1 Å². The fraction of sp³-hybridized carbons (Fsp3) is 0.500. The third-order valence-electron chi connectivity index (χ3n) is 4.40. The zero-order chi connectivity index (χ0) is 18.9. The number of carbonyl (C=O) groups is 2. The Labute approximate surface area is 155 Å². The summed E-state index contributed by atoms with van der Waals surface area (Å²) in [7, 11) is 1.61. The van der Waals surface area contributed by atoms with Gasteiger partial charge in [-0.1, -0.05) is 19.4 Å². The van der Waals surface area contributed by atoms with Crippen molar-refractivity contribution in [1.82, 2.24) is 9.80 Å². The van der Waals surface area contributed by atoms with Crippen LogP contribution in [-0.2, 0) is 9.59 Å². The van der Waals surface area contributed by atoms with E-state index in [0.717, 1.165) is 18.4 Å². The molecule has 0 unspecified atom stereocenters. The summed E-state index contributed by atoms with van der Waals surface area (Å²) in [4.78, 5) is 27.2. The van der Waals surface area contributed by atoms with Crippen molar-refractivity contribution in [3.8, 4) is 11.5 Å². The maximum absolute atomic E-state index is 12.3. The molecule has 0 spiro atoms. The van der Waals surface area contributed by atoms with Gasteiger partial charge in [0, 0.05) is 39.2 Å². The summed E-state index contributed by atoms with van der Waals surface area (Å²) in [5.41, 5.74) is 0.875. The Balaban J connectivity index is 1.94. The smallest absolute Gasteiger partial charge is 0.246 e. The number of hydrogen-bond donors (Lipinski definition) is 0.